The molecular formula is C17H23NO. The zero-order valence-corrected chi connectivity index (χ0v) is 12.1. The van der Waals surface area contributed by atoms with E-state index in [4.69, 9.17) is 4.74 Å². The van der Waals surface area contributed by atoms with E-state index in [-0.39, 0.29) is 11.3 Å². The van der Waals surface area contributed by atoms with Crippen LogP contribution in [0.2, 0.25) is 0 Å². The van der Waals surface area contributed by atoms with Gasteiger partial charge in [-0.1, -0.05) is 45.0 Å². The molecule has 1 aliphatic rings. The summed E-state index contributed by atoms with van der Waals surface area (Å²) < 4.78 is 5.42. The molecule has 1 aliphatic heterocycles. The summed E-state index contributed by atoms with van der Waals surface area (Å²) in [4.78, 5) is 0. The molecule has 0 saturated carbocycles. The molecule has 0 aromatic heterocycles. The van der Waals surface area contributed by atoms with Gasteiger partial charge in [-0.2, -0.15) is 5.26 Å². The normalized spacial score (nSPS) is 18.7. The van der Waals surface area contributed by atoms with E-state index in [0.29, 0.717) is 19.1 Å². The molecule has 1 aromatic rings. The topological polar surface area (TPSA) is 33.0 Å². The van der Waals surface area contributed by atoms with E-state index in [2.05, 4.69) is 51.1 Å². The van der Waals surface area contributed by atoms with Gasteiger partial charge in [-0.3, -0.25) is 0 Å². The molecule has 0 spiro atoms. The lowest BCUT2D eigenvalue weighted by molar-refractivity contribution is -0.0804. The van der Waals surface area contributed by atoms with Crippen molar-refractivity contribution in [3.05, 3.63) is 35.4 Å². The summed E-state index contributed by atoms with van der Waals surface area (Å²) in [6.45, 7) is 7.92. The maximum Gasteiger partial charge on any atom is 0.0666 e. The van der Waals surface area contributed by atoms with Gasteiger partial charge in [-0.05, 0) is 29.9 Å². The van der Waals surface area contributed by atoms with E-state index in [1.54, 1.807) is 0 Å². The van der Waals surface area contributed by atoms with Crippen molar-refractivity contribution in [1.29, 1.82) is 5.26 Å². The molecule has 2 rings (SSSR count). The Morgan fingerprint density at radius 1 is 1.26 bits per heavy atom. The summed E-state index contributed by atoms with van der Waals surface area (Å²) in [7, 11) is 0. The molecule has 1 saturated heterocycles. The molecule has 0 bridgehead atoms. The Morgan fingerprint density at radius 2 is 1.89 bits per heavy atom. The van der Waals surface area contributed by atoms with Crippen molar-refractivity contribution in [3.8, 4) is 6.07 Å². The van der Waals surface area contributed by atoms with Crippen LogP contribution in [0.3, 0.4) is 0 Å². The number of benzene rings is 1. The van der Waals surface area contributed by atoms with Crippen LogP contribution in [0, 0.1) is 23.2 Å². The molecule has 2 heteroatoms. The molecule has 1 atom stereocenters. The Hall–Kier alpha value is -1.33. The number of ether oxygens (including phenoxy) is 1. The van der Waals surface area contributed by atoms with E-state index in [1.807, 2.05) is 0 Å². The zero-order valence-electron chi connectivity index (χ0n) is 12.1. The Balaban J connectivity index is 2.22. The maximum atomic E-state index is 9.36. The first-order chi connectivity index (χ1) is 9.12. The minimum atomic E-state index is -0.0696. The monoisotopic (exact) mass is 257 g/mol. The van der Waals surface area contributed by atoms with E-state index in [9.17, 15) is 5.26 Å². The average molecular weight is 257 g/mol. The number of hydrogen-bond donors (Lipinski definition) is 0. The van der Waals surface area contributed by atoms with Crippen molar-refractivity contribution >= 4 is 0 Å². The molecular weight excluding hydrogens is 234 g/mol. The molecule has 102 valence electrons. The quantitative estimate of drug-likeness (QED) is 0.805. The smallest absolute Gasteiger partial charge is 0.0666 e. The Morgan fingerprint density at radius 3 is 2.26 bits per heavy atom. The molecule has 1 aromatic carbocycles. The van der Waals surface area contributed by atoms with Crippen LogP contribution in [0.25, 0.3) is 0 Å². The van der Waals surface area contributed by atoms with Gasteiger partial charge >= 0.3 is 0 Å². The van der Waals surface area contributed by atoms with Crippen molar-refractivity contribution in [1.82, 2.24) is 0 Å². The van der Waals surface area contributed by atoms with Gasteiger partial charge in [0.05, 0.1) is 30.6 Å². The van der Waals surface area contributed by atoms with Gasteiger partial charge in [0.1, 0.15) is 0 Å². The molecule has 0 amide bonds. The van der Waals surface area contributed by atoms with Crippen LogP contribution in [-0.2, 0) is 16.6 Å². The average Bonchev–Trinajstić information content (AvgIpc) is 2.34. The van der Waals surface area contributed by atoms with Gasteiger partial charge in [-0.25, -0.2) is 0 Å². The first-order valence-electron chi connectivity index (χ1n) is 7.19. The second kappa shape index (κ2) is 5.75. The largest absolute Gasteiger partial charge is 0.379 e. The fraction of sp³-hybridized carbons (Fsp3) is 0.588. The summed E-state index contributed by atoms with van der Waals surface area (Å²) in [6, 6.07) is 11.3. The van der Waals surface area contributed by atoms with Crippen molar-refractivity contribution in [2.24, 2.45) is 11.8 Å². The fourth-order valence-electron chi connectivity index (χ4n) is 2.94. The summed E-state index contributed by atoms with van der Waals surface area (Å²) in [5.41, 5.74) is 2.57. The Labute approximate surface area is 116 Å². The SMILES string of the molecule is CCC(C#N)C1(c2ccc(CC(C)C)cc2)COC1. The van der Waals surface area contributed by atoms with Gasteiger partial charge in [0, 0.05) is 0 Å². The summed E-state index contributed by atoms with van der Waals surface area (Å²) in [5.74, 6) is 0.728. The summed E-state index contributed by atoms with van der Waals surface area (Å²) in [6.07, 6.45) is 1.99. The molecule has 1 fully saturated rings. The van der Waals surface area contributed by atoms with Crippen LogP contribution >= 0.6 is 0 Å². The van der Waals surface area contributed by atoms with Crippen LogP contribution in [-0.4, -0.2) is 13.2 Å². The molecule has 0 N–H and O–H groups in total. The highest BCUT2D eigenvalue weighted by atomic mass is 16.5. The number of nitrogens with zero attached hydrogens (tertiary/aromatic N) is 1. The van der Waals surface area contributed by atoms with Crippen molar-refractivity contribution < 1.29 is 4.74 Å². The third-order valence-corrected chi connectivity index (χ3v) is 4.12. The molecule has 1 unspecified atom stereocenters. The van der Waals surface area contributed by atoms with Crippen LogP contribution in [0.1, 0.15) is 38.3 Å². The van der Waals surface area contributed by atoms with Gasteiger partial charge in [0.15, 0.2) is 0 Å². The van der Waals surface area contributed by atoms with Crippen LogP contribution in [0.5, 0.6) is 0 Å². The van der Waals surface area contributed by atoms with Crippen LogP contribution in [0.4, 0.5) is 0 Å². The first kappa shape index (κ1) is 14.1. The highest BCUT2D eigenvalue weighted by Crippen LogP contribution is 2.40. The van der Waals surface area contributed by atoms with Crippen molar-refractivity contribution in [3.63, 3.8) is 0 Å². The molecule has 19 heavy (non-hydrogen) atoms. The fourth-order valence-corrected chi connectivity index (χ4v) is 2.94. The maximum absolute atomic E-state index is 9.36. The molecule has 0 radical (unpaired) electrons. The molecule has 2 nitrogen and oxygen atoms in total. The molecule has 0 aliphatic carbocycles. The highest BCUT2D eigenvalue weighted by molar-refractivity contribution is 5.34. The van der Waals surface area contributed by atoms with E-state index < -0.39 is 0 Å². The van der Waals surface area contributed by atoms with Gasteiger partial charge in [0.25, 0.3) is 0 Å². The summed E-state index contributed by atoms with van der Waals surface area (Å²) in [5, 5.41) is 9.36. The molecule has 1 heterocycles. The third kappa shape index (κ3) is 2.67. The second-order valence-electron chi connectivity index (χ2n) is 6.03. The zero-order chi connectivity index (χ0) is 13.9. The Kier molecular flexibility index (Phi) is 4.27. The minimum absolute atomic E-state index is 0.0530. The summed E-state index contributed by atoms with van der Waals surface area (Å²) >= 11 is 0. The lowest BCUT2D eigenvalue weighted by Gasteiger charge is -2.45. The third-order valence-electron chi connectivity index (χ3n) is 4.12. The first-order valence-corrected chi connectivity index (χ1v) is 7.19. The second-order valence-corrected chi connectivity index (χ2v) is 6.03. The van der Waals surface area contributed by atoms with Gasteiger partial charge in [0.2, 0.25) is 0 Å². The number of rotatable bonds is 5. The lowest BCUT2D eigenvalue weighted by Crippen LogP contribution is -2.51. The number of hydrogen-bond acceptors (Lipinski definition) is 2. The van der Waals surface area contributed by atoms with Crippen LogP contribution < -0.4 is 0 Å². The highest BCUT2D eigenvalue weighted by Gasteiger charge is 2.46. The van der Waals surface area contributed by atoms with Gasteiger partial charge < -0.3 is 4.74 Å². The predicted molar refractivity (Wildman–Crippen MR) is 76.9 cm³/mol. The van der Waals surface area contributed by atoms with E-state index >= 15 is 0 Å². The number of nitriles is 1. The minimum Gasteiger partial charge on any atom is -0.379 e. The van der Waals surface area contributed by atoms with Crippen molar-refractivity contribution in [2.75, 3.05) is 13.2 Å². The predicted octanol–water partition coefficient (Wildman–Crippen LogP) is 3.70. The van der Waals surface area contributed by atoms with Crippen LogP contribution in [0.15, 0.2) is 24.3 Å². The Bertz CT molecular complexity index is 451. The van der Waals surface area contributed by atoms with Crippen molar-refractivity contribution in [2.45, 2.75) is 39.0 Å². The van der Waals surface area contributed by atoms with Gasteiger partial charge in [-0.15, -0.1) is 0 Å². The standard InChI is InChI=1S/C17H23NO/c1-4-15(10-18)17(11-19-12-17)16-7-5-14(6-8-16)9-13(2)3/h5-8,13,15H,4,9,11-12H2,1-3H3. The van der Waals surface area contributed by atoms with E-state index in [1.165, 1.54) is 11.1 Å². The lowest BCUT2D eigenvalue weighted by atomic mass is 9.68. The van der Waals surface area contributed by atoms with E-state index in [0.717, 1.165) is 12.8 Å².